The van der Waals surface area contributed by atoms with Crippen LogP contribution in [0.3, 0.4) is 0 Å². The number of nitrogens with zero attached hydrogens (tertiary/aromatic N) is 3. The molecule has 2 amide bonds. The second-order valence-corrected chi connectivity index (χ2v) is 7.57. The molecule has 1 atom stereocenters. The molecule has 146 valence electrons. The smallest absolute Gasteiger partial charge is 0.228 e. The molecule has 2 fully saturated rings. The molecule has 0 spiro atoms. The van der Waals surface area contributed by atoms with E-state index in [0.717, 1.165) is 25.2 Å². The molecule has 0 aromatic heterocycles. The lowest BCUT2D eigenvalue weighted by atomic mass is 10.1. The maximum Gasteiger partial charge on any atom is 0.228 e. The summed E-state index contributed by atoms with van der Waals surface area (Å²) in [4.78, 5) is 31.5. The van der Waals surface area contributed by atoms with E-state index in [-0.39, 0.29) is 17.7 Å². The zero-order valence-corrected chi connectivity index (χ0v) is 16.4. The Balaban J connectivity index is 1.36. The van der Waals surface area contributed by atoms with Gasteiger partial charge in [0.25, 0.3) is 0 Å². The van der Waals surface area contributed by atoms with E-state index >= 15 is 0 Å². The molecule has 2 aliphatic heterocycles. The molecule has 0 saturated carbocycles. The Morgan fingerprint density at radius 1 is 0.929 bits per heavy atom. The fraction of sp³-hybridized carbons (Fsp3) is 0.391. The molecule has 2 saturated heterocycles. The van der Waals surface area contributed by atoms with Gasteiger partial charge in [-0.3, -0.25) is 9.59 Å². The third-order valence-electron chi connectivity index (χ3n) is 5.84. The van der Waals surface area contributed by atoms with Gasteiger partial charge in [-0.2, -0.15) is 0 Å². The van der Waals surface area contributed by atoms with Crippen molar-refractivity contribution in [2.45, 2.75) is 19.8 Å². The van der Waals surface area contributed by atoms with Crippen LogP contribution in [-0.4, -0.2) is 49.4 Å². The van der Waals surface area contributed by atoms with Crippen LogP contribution in [-0.2, 0) is 16.0 Å². The second kappa shape index (κ2) is 8.05. The maximum absolute atomic E-state index is 13.0. The molecule has 0 aliphatic carbocycles. The van der Waals surface area contributed by atoms with Crippen LogP contribution >= 0.6 is 0 Å². The van der Waals surface area contributed by atoms with Gasteiger partial charge in [0.05, 0.1) is 5.92 Å². The van der Waals surface area contributed by atoms with Crippen molar-refractivity contribution in [2.75, 3.05) is 42.5 Å². The number of carbonyl (C=O) groups excluding carboxylic acids is 2. The van der Waals surface area contributed by atoms with Gasteiger partial charge in [-0.1, -0.05) is 37.3 Å². The number of benzene rings is 2. The Morgan fingerprint density at radius 2 is 1.61 bits per heavy atom. The Kier molecular flexibility index (Phi) is 5.33. The lowest BCUT2D eigenvalue weighted by Crippen LogP contribution is -2.50. The van der Waals surface area contributed by atoms with Crippen LogP contribution < -0.4 is 9.80 Å². The summed E-state index contributed by atoms with van der Waals surface area (Å²) in [7, 11) is 0. The number of aryl methyl sites for hydroxylation is 1. The van der Waals surface area contributed by atoms with Gasteiger partial charge in [-0.25, -0.2) is 0 Å². The van der Waals surface area contributed by atoms with Gasteiger partial charge in [0.2, 0.25) is 11.8 Å². The van der Waals surface area contributed by atoms with Gasteiger partial charge >= 0.3 is 0 Å². The minimum Gasteiger partial charge on any atom is -0.368 e. The first-order chi connectivity index (χ1) is 13.7. The molecule has 28 heavy (non-hydrogen) atoms. The van der Waals surface area contributed by atoms with Crippen molar-refractivity contribution in [3.8, 4) is 0 Å². The number of hydrogen-bond acceptors (Lipinski definition) is 3. The van der Waals surface area contributed by atoms with E-state index in [9.17, 15) is 9.59 Å². The molecule has 0 N–H and O–H groups in total. The van der Waals surface area contributed by atoms with Crippen LogP contribution in [0.1, 0.15) is 18.9 Å². The highest BCUT2D eigenvalue weighted by atomic mass is 16.2. The van der Waals surface area contributed by atoms with E-state index in [0.29, 0.717) is 26.1 Å². The average Bonchev–Trinajstić information content (AvgIpc) is 3.15. The Bertz CT molecular complexity index is 827. The van der Waals surface area contributed by atoms with Gasteiger partial charge in [0.15, 0.2) is 0 Å². The van der Waals surface area contributed by atoms with Crippen molar-refractivity contribution < 1.29 is 9.59 Å². The first-order valence-electron chi connectivity index (χ1n) is 10.1. The first kappa shape index (κ1) is 18.5. The normalized spacial score (nSPS) is 20.0. The summed E-state index contributed by atoms with van der Waals surface area (Å²) in [5, 5.41) is 0. The molecule has 0 radical (unpaired) electrons. The number of anilines is 2. The molecular weight excluding hydrogens is 350 g/mol. The number of hydrogen-bond donors (Lipinski definition) is 0. The van der Waals surface area contributed by atoms with Gasteiger partial charge in [0, 0.05) is 50.5 Å². The topological polar surface area (TPSA) is 43.9 Å². The highest BCUT2D eigenvalue weighted by Crippen LogP contribution is 2.27. The summed E-state index contributed by atoms with van der Waals surface area (Å²) >= 11 is 0. The molecule has 2 aliphatic rings. The van der Waals surface area contributed by atoms with Gasteiger partial charge in [-0.15, -0.1) is 0 Å². The first-order valence-corrected chi connectivity index (χ1v) is 10.1. The minimum atomic E-state index is -0.235. The van der Waals surface area contributed by atoms with Gasteiger partial charge < -0.3 is 14.7 Å². The fourth-order valence-electron chi connectivity index (χ4n) is 4.12. The molecule has 2 heterocycles. The summed E-state index contributed by atoms with van der Waals surface area (Å²) in [5.74, 6) is -0.0686. The van der Waals surface area contributed by atoms with Gasteiger partial charge in [-0.05, 0) is 36.2 Å². The van der Waals surface area contributed by atoms with Gasteiger partial charge in [0.1, 0.15) is 0 Å². The number of para-hydroxylation sites is 1. The number of rotatable bonds is 4. The van der Waals surface area contributed by atoms with E-state index < -0.39 is 0 Å². The largest absolute Gasteiger partial charge is 0.368 e. The van der Waals surface area contributed by atoms with Crippen molar-refractivity contribution in [1.82, 2.24) is 4.90 Å². The summed E-state index contributed by atoms with van der Waals surface area (Å²) in [6, 6.07) is 18.4. The van der Waals surface area contributed by atoms with E-state index in [1.54, 1.807) is 4.90 Å². The monoisotopic (exact) mass is 377 g/mol. The van der Waals surface area contributed by atoms with Crippen molar-refractivity contribution in [3.05, 3.63) is 60.2 Å². The second-order valence-electron chi connectivity index (χ2n) is 7.57. The molecule has 0 unspecified atom stereocenters. The minimum absolute atomic E-state index is 0.0468. The van der Waals surface area contributed by atoms with E-state index in [4.69, 9.17) is 0 Å². The molecule has 5 nitrogen and oxygen atoms in total. The summed E-state index contributed by atoms with van der Waals surface area (Å²) in [5.41, 5.74) is 3.35. The quantitative estimate of drug-likeness (QED) is 0.823. The Hall–Kier alpha value is -2.82. The predicted octanol–water partition coefficient (Wildman–Crippen LogP) is 2.95. The Labute approximate surface area is 166 Å². The van der Waals surface area contributed by atoms with Crippen molar-refractivity contribution in [2.24, 2.45) is 5.92 Å². The summed E-state index contributed by atoms with van der Waals surface area (Å²) in [6.07, 6.45) is 1.29. The predicted molar refractivity (Wildman–Crippen MR) is 112 cm³/mol. The summed E-state index contributed by atoms with van der Waals surface area (Å²) in [6.45, 7) is 5.69. The van der Waals surface area contributed by atoms with Crippen LogP contribution in [0.15, 0.2) is 54.6 Å². The lowest BCUT2D eigenvalue weighted by molar-refractivity contribution is -0.136. The zero-order valence-electron chi connectivity index (χ0n) is 16.4. The number of amides is 2. The molecular formula is C23H27N3O2. The maximum atomic E-state index is 13.0. The number of piperazine rings is 1. The molecule has 2 aromatic carbocycles. The van der Waals surface area contributed by atoms with Crippen molar-refractivity contribution in [3.63, 3.8) is 0 Å². The molecule has 4 rings (SSSR count). The van der Waals surface area contributed by atoms with Crippen LogP contribution in [0.2, 0.25) is 0 Å². The molecule has 2 aromatic rings. The molecule has 0 bridgehead atoms. The van der Waals surface area contributed by atoms with Crippen molar-refractivity contribution in [1.29, 1.82) is 0 Å². The highest BCUT2D eigenvalue weighted by Gasteiger charge is 2.37. The van der Waals surface area contributed by atoms with E-state index in [2.05, 4.69) is 36.1 Å². The van der Waals surface area contributed by atoms with E-state index in [1.807, 2.05) is 35.2 Å². The SMILES string of the molecule is CCc1ccc(N2C[C@H](C(=O)N3CCN(c4ccccc4)CC3)CC2=O)cc1. The summed E-state index contributed by atoms with van der Waals surface area (Å²) < 4.78 is 0. The third-order valence-corrected chi connectivity index (χ3v) is 5.84. The molecule has 5 heteroatoms. The van der Waals surface area contributed by atoms with Crippen LogP contribution in [0.4, 0.5) is 11.4 Å². The average molecular weight is 377 g/mol. The number of carbonyl (C=O) groups is 2. The highest BCUT2D eigenvalue weighted by molar-refractivity contribution is 6.00. The van der Waals surface area contributed by atoms with E-state index in [1.165, 1.54) is 11.3 Å². The van der Waals surface area contributed by atoms with Crippen LogP contribution in [0, 0.1) is 5.92 Å². The lowest BCUT2D eigenvalue weighted by Gasteiger charge is -2.37. The fourth-order valence-corrected chi connectivity index (χ4v) is 4.12. The van der Waals surface area contributed by atoms with Crippen LogP contribution in [0.5, 0.6) is 0 Å². The van der Waals surface area contributed by atoms with Crippen molar-refractivity contribution >= 4 is 23.2 Å². The third kappa shape index (κ3) is 3.75. The standard InChI is InChI=1S/C23H27N3O2/c1-2-18-8-10-21(11-9-18)26-17-19(16-22(26)27)23(28)25-14-12-24(13-15-25)20-6-4-3-5-7-20/h3-11,19H,2,12-17H2,1H3/t19-/m1/s1. The zero-order chi connectivity index (χ0) is 19.5. The van der Waals surface area contributed by atoms with Crippen LogP contribution in [0.25, 0.3) is 0 Å². The Morgan fingerprint density at radius 3 is 2.25 bits per heavy atom.